The molecule has 0 aliphatic carbocycles. The van der Waals surface area contributed by atoms with Crippen LogP contribution in [-0.4, -0.2) is 29.0 Å². The lowest BCUT2D eigenvalue weighted by Gasteiger charge is -2.12. The van der Waals surface area contributed by atoms with Crippen molar-refractivity contribution in [3.63, 3.8) is 0 Å². The molecule has 2 aromatic carbocycles. The lowest BCUT2D eigenvalue weighted by atomic mass is 10.1. The van der Waals surface area contributed by atoms with Crippen LogP contribution in [0.5, 0.6) is 0 Å². The number of hydrogen-bond acceptors (Lipinski definition) is 5. The van der Waals surface area contributed by atoms with Gasteiger partial charge in [0.2, 0.25) is 0 Å². The highest BCUT2D eigenvalue weighted by atomic mass is 19.1. The van der Waals surface area contributed by atoms with Crippen molar-refractivity contribution >= 4 is 22.5 Å². The van der Waals surface area contributed by atoms with E-state index in [0.717, 1.165) is 16.9 Å². The molecule has 27 heavy (non-hydrogen) atoms. The van der Waals surface area contributed by atoms with Crippen LogP contribution in [0.15, 0.2) is 60.7 Å². The van der Waals surface area contributed by atoms with Gasteiger partial charge in [0.25, 0.3) is 0 Å². The quantitative estimate of drug-likeness (QED) is 0.595. The number of hydrogen-bond donors (Lipinski definition) is 1. The normalized spacial score (nSPS) is 10.9. The van der Waals surface area contributed by atoms with E-state index >= 15 is 0 Å². The van der Waals surface area contributed by atoms with Crippen LogP contribution in [0.25, 0.3) is 33.7 Å². The fraction of sp³-hybridized carbons (Fsp3) is 0.0952. The van der Waals surface area contributed by atoms with Gasteiger partial charge in [-0.1, -0.05) is 24.3 Å². The van der Waals surface area contributed by atoms with Crippen LogP contribution < -0.4 is 10.6 Å². The predicted octanol–water partition coefficient (Wildman–Crippen LogP) is 4.15. The van der Waals surface area contributed by atoms with E-state index in [9.17, 15) is 4.39 Å². The molecule has 0 aliphatic rings. The topological polar surface area (TPSA) is 67.9 Å². The first-order chi connectivity index (χ1) is 13.0. The lowest BCUT2D eigenvalue weighted by Crippen LogP contribution is -2.07. The molecule has 0 saturated carbocycles. The summed E-state index contributed by atoms with van der Waals surface area (Å²) in [6.07, 6.45) is 0. The first-order valence-electron chi connectivity index (χ1n) is 8.49. The van der Waals surface area contributed by atoms with E-state index in [0.29, 0.717) is 28.2 Å². The predicted molar refractivity (Wildman–Crippen MR) is 107 cm³/mol. The van der Waals surface area contributed by atoms with E-state index in [1.54, 1.807) is 12.1 Å². The molecule has 0 unspecified atom stereocenters. The molecule has 2 heterocycles. The van der Waals surface area contributed by atoms with Gasteiger partial charge in [-0.25, -0.2) is 19.3 Å². The van der Waals surface area contributed by atoms with Crippen molar-refractivity contribution in [2.45, 2.75) is 0 Å². The maximum absolute atomic E-state index is 13.5. The number of benzene rings is 2. The number of rotatable bonds is 3. The van der Waals surface area contributed by atoms with E-state index in [1.807, 2.05) is 55.4 Å². The summed E-state index contributed by atoms with van der Waals surface area (Å²) in [7, 11) is 3.99. The van der Waals surface area contributed by atoms with Crippen molar-refractivity contribution < 1.29 is 4.39 Å². The Labute approximate surface area is 156 Å². The fourth-order valence-corrected chi connectivity index (χ4v) is 2.88. The maximum Gasteiger partial charge on any atom is 0.165 e. The Morgan fingerprint density at radius 2 is 1.63 bits per heavy atom. The number of pyridine rings is 1. The van der Waals surface area contributed by atoms with Gasteiger partial charge in [0.05, 0.1) is 11.1 Å². The number of nitrogens with zero attached hydrogens (tertiary/aromatic N) is 4. The lowest BCUT2D eigenvalue weighted by molar-refractivity contribution is 0.628. The van der Waals surface area contributed by atoms with E-state index < -0.39 is 0 Å². The summed E-state index contributed by atoms with van der Waals surface area (Å²) in [4.78, 5) is 15.5. The molecule has 0 bridgehead atoms. The van der Waals surface area contributed by atoms with Gasteiger partial charge in [-0.05, 0) is 36.4 Å². The minimum atomic E-state index is -0.350. The zero-order chi connectivity index (χ0) is 19.0. The second-order valence-electron chi connectivity index (χ2n) is 6.45. The monoisotopic (exact) mass is 359 g/mol. The molecule has 0 amide bonds. The van der Waals surface area contributed by atoms with Crippen molar-refractivity contribution in [1.29, 1.82) is 0 Å². The van der Waals surface area contributed by atoms with Crippen molar-refractivity contribution in [2.24, 2.45) is 0 Å². The Kier molecular flexibility index (Phi) is 4.16. The molecular weight excluding hydrogens is 341 g/mol. The van der Waals surface area contributed by atoms with Crippen LogP contribution >= 0.6 is 0 Å². The summed E-state index contributed by atoms with van der Waals surface area (Å²) in [6.45, 7) is 0. The van der Waals surface area contributed by atoms with Crippen molar-refractivity contribution in [1.82, 2.24) is 15.0 Å². The summed E-state index contributed by atoms with van der Waals surface area (Å²) in [5, 5.41) is 0.670. The first kappa shape index (κ1) is 16.9. The van der Waals surface area contributed by atoms with Crippen LogP contribution in [0, 0.1) is 5.82 Å². The second kappa shape index (κ2) is 6.64. The number of anilines is 2. The van der Waals surface area contributed by atoms with Crippen molar-refractivity contribution in [3.05, 3.63) is 66.5 Å². The number of nitrogens with two attached hydrogens (primary N) is 1. The zero-order valence-corrected chi connectivity index (χ0v) is 15.0. The molecule has 2 N–H and O–H groups in total. The second-order valence-corrected chi connectivity index (χ2v) is 6.45. The van der Waals surface area contributed by atoms with Crippen LogP contribution in [0.2, 0.25) is 0 Å². The third-order valence-electron chi connectivity index (χ3n) is 4.35. The summed E-state index contributed by atoms with van der Waals surface area (Å²) < 4.78 is 13.5. The first-order valence-corrected chi connectivity index (χ1v) is 8.49. The van der Waals surface area contributed by atoms with E-state index in [-0.39, 0.29) is 5.82 Å². The summed E-state index contributed by atoms with van der Waals surface area (Å²) in [5.41, 5.74) is 10.0. The highest BCUT2D eigenvalue weighted by molar-refractivity contribution is 5.88. The third-order valence-corrected chi connectivity index (χ3v) is 4.35. The molecule has 2 aromatic heterocycles. The van der Waals surface area contributed by atoms with Gasteiger partial charge in [-0.3, -0.25) is 0 Å². The molecular formula is C21H18FN5. The van der Waals surface area contributed by atoms with Gasteiger partial charge >= 0.3 is 0 Å². The van der Waals surface area contributed by atoms with Crippen LogP contribution in [0.4, 0.5) is 15.9 Å². The summed E-state index contributed by atoms with van der Waals surface area (Å²) in [5.74, 6) is 0.325. The van der Waals surface area contributed by atoms with E-state index in [2.05, 4.69) is 15.0 Å². The molecule has 0 saturated heterocycles. The molecule has 0 aliphatic heterocycles. The Bertz CT molecular complexity index is 1120. The van der Waals surface area contributed by atoms with Crippen molar-refractivity contribution in [2.75, 3.05) is 24.7 Å². The molecule has 0 radical (unpaired) electrons. The van der Waals surface area contributed by atoms with Crippen molar-refractivity contribution in [3.8, 4) is 22.6 Å². The molecule has 0 spiro atoms. The van der Waals surface area contributed by atoms with Gasteiger partial charge in [-0.2, -0.15) is 0 Å². The van der Waals surface area contributed by atoms with Crippen LogP contribution in [-0.2, 0) is 0 Å². The summed E-state index contributed by atoms with van der Waals surface area (Å²) >= 11 is 0. The Hall–Kier alpha value is -3.54. The standard InChI is InChI=1S/C21H18FN5/c1-27(2)16-8-6-13(7-9-16)18-11-10-17-19(23)25-20(26-21(17)24-18)14-4-3-5-15(22)12-14/h3-12H,1-2H3,(H2,23,24,25,26). The molecule has 4 rings (SSSR count). The maximum atomic E-state index is 13.5. The summed E-state index contributed by atoms with van der Waals surface area (Å²) in [6, 6.07) is 18.0. The molecule has 0 fully saturated rings. The highest BCUT2D eigenvalue weighted by Gasteiger charge is 2.11. The minimum Gasteiger partial charge on any atom is -0.383 e. The molecule has 6 heteroatoms. The number of fused-ring (bicyclic) bond motifs is 1. The van der Waals surface area contributed by atoms with Gasteiger partial charge in [-0.15, -0.1) is 0 Å². The van der Waals surface area contributed by atoms with Gasteiger partial charge < -0.3 is 10.6 Å². The number of halogens is 1. The Balaban J connectivity index is 1.81. The molecule has 0 atom stereocenters. The van der Waals surface area contributed by atoms with E-state index in [4.69, 9.17) is 5.73 Å². The smallest absolute Gasteiger partial charge is 0.165 e. The van der Waals surface area contributed by atoms with Crippen LogP contribution in [0.3, 0.4) is 0 Å². The largest absolute Gasteiger partial charge is 0.383 e. The number of nitrogen functional groups attached to an aromatic ring is 1. The molecule has 5 nitrogen and oxygen atoms in total. The number of aromatic nitrogens is 3. The zero-order valence-electron chi connectivity index (χ0n) is 15.0. The average molecular weight is 359 g/mol. The average Bonchev–Trinajstić information content (AvgIpc) is 2.67. The molecule has 4 aromatic rings. The SMILES string of the molecule is CN(C)c1ccc(-c2ccc3c(N)nc(-c4cccc(F)c4)nc3n2)cc1. The van der Waals surface area contributed by atoms with Gasteiger partial charge in [0, 0.05) is 30.9 Å². The Morgan fingerprint density at radius 1 is 0.852 bits per heavy atom. The van der Waals surface area contributed by atoms with Gasteiger partial charge in [0.15, 0.2) is 11.5 Å². The van der Waals surface area contributed by atoms with E-state index in [1.165, 1.54) is 12.1 Å². The van der Waals surface area contributed by atoms with Crippen LogP contribution in [0.1, 0.15) is 0 Å². The fourth-order valence-electron chi connectivity index (χ4n) is 2.88. The molecule has 134 valence electrons. The third kappa shape index (κ3) is 3.29. The highest BCUT2D eigenvalue weighted by Crippen LogP contribution is 2.26. The van der Waals surface area contributed by atoms with Gasteiger partial charge in [0.1, 0.15) is 11.6 Å². The minimum absolute atomic E-state index is 0.321. The Morgan fingerprint density at radius 3 is 2.33 bits per heavy atom.